The molecule has 114 valence electrons. The molecular formula is C13H18N4O4. The summed E-state index contributed by atoms with van der Waals surface area (Å²) < 4.78 is 5.07. The van der Waals surface area contributed by atoms with E-state index in [0.29, 0.717) is 5.56 Å². The van der Waals surface area contributed by atoms with Crippen molar-refractivity contribution in [2.24, 2.45) is 5.11 Å². The first-order chi connectivity index (χ1) is 9.76. The molecule has 1 rings (SSSR count). The number of rotatable bonds is 4. The number of nitrogens with one attached hydrogen (secondary N) is 1. The van der Waals surface area contributed by atoms with Gasteiger partial charge in [0.15, 0.2) is 0 Å². The third-order valence-electron chi connectivity index (χ3n) is 2.41. The van der Waals surface area contributed by atoms with Gasteiger partial charge in [-0.3, -0.25) is 5.32 Å². The summed E-state index contributed by atoms with van der Waals surface area (Å²) in [5.74, 6) is -0.218. The second-order valence-electron chi connectivity index (χ2n) is 5.31. The van der Waals surface area contributed by atoms with Crippen LogP contribution in [0.25, 0.3) is 10.4 Å². The summed E-state index contributed by atoms with van der Waals surface area (Å²) in [6.07, 6.45) is -0.695. The molecule has 0 saturated heterocycles. The Morgan fingerprint density at radius 1 is 1.52 bits per heavy atom. The van der Waals surface area contributed by atoms with E-state index in [-0.39, 0.29) is 18.0 Å². The Hall–Kier alpha value is -2.44. The summed E-state index contributed by atoms with van der Waals surface area (Å²) in [6.45, 7) is 4.78. The molecule has 1 aromatic carbocycles. The fourth-order valence-corrected chi connectivity index (χ4v) is 1.55. The van der Waals surface area contributed by atoms with Gasteiger partial charge in [-0.1, -0.05) is 11.2 Å². The van der Waals surface area contributed by atoms with E-state index in [1.54, 1.807) is 20.8 Å². The van der Waals surface area contributed by atoms with Crippen LogP contribution in [0.5, 0.6) is 5.75 Å². The molecular weight excluding hydrogens is 276 g/mol. The molecule has 8 heteroatoms. The van der Waals surface area contributed by atoms with Crippen LogP contribution in [0, 0.1) is 0 Å². The number of aromatic hydroxyl groups is 1. The summed E-state index contributed by atoms with van der Waals surface area (Å²) in [5.41, 5.74) is 8.33. The molecule has 0 fully saturated rings. The van der Waals surface area contributed by atoms with Crippen LogP contribution in [0.15, 0.2) is 23.3 Å². The van der Waals surface area contributed by atoms with Gasteiger partial charge < -0.3 is 14.9 Å². The summed E-state index contributed by atoms with van der Waals surface area (Å²) in [6, 6.07) is 3.48. The highest BCUT2D eigenvalue weighted by Gasteiger charge is 2.18. The van der Waals surface area contributed by atoms with Gasteiger partial charge in [0.05, 0.1) is 18.3 Å². The van der Waals surface area contributed by atoms with Crippen LogP contribution in [-0.2, 0) is 4.74 Å². The van der Waals surface area contributed by atoms with Crippen molar-refractivity contribution in [1.82, 2.24) is 0 Å². The van der Waals surface area contributed by atoms with Crippen LogP contribution < -0.4 is 5.32 Å². The molecule has 0 aromatic heterocycles. The van der Waals surface area contributed by atoms with Crippen molar-refractivity contribution in [2.75, 3.05) is 11.9 Å². The molecule has 8 nitrogen and oxygen atoms in total. The van der Waals surface area contributed by atoms with E-state index >= 15 is 0 Å². The second kappa shape index (κ2) is 6.83. The number of carbonyl (C=O) groups is 1. The normalized spacial score (nSPS) is 12.2. The number of azide groups is 1. The highest BCUT2D eigenvalue weighted by molar-refractivity contribution is 5.86. The Balaban J connectivity index is 2.88. The zero-order valence-corrected chi connectivity index (χ0v) is 12.1. The summed E-state index contributed by atoms with van der Waals surface area (Å²) in [5, 5.41) is 24.8. The summed E-state index contributed by atoms with van der Waals surface area (Å²) in [4.78, 5) is 14.2. The standard InChI is InChI=1S/C13H18N4O4/c1-13(2,3)21-12(20)15-9-5-4-8(6-11(9)19)10(7-18)16-17-14/h4-6,10,18-19H,7H2,1-3H3,(H,15,20). The number of anilines is 1. The van der Waals surface area contributed by atoms with Gasteiger partial charge in [0.2, 0.25) is 0 Å². The van der Waals surface area contributed by atoms with Crippen molar-refractivity contribution < 1.29 is 19.7 Å². The highest BCUT2D eigenvalue weighted by Crippen LogP contribution is 2.29. The van der Waals surface area contributed by atoms with Crippen LogP contribution >= 0.6 is 0 Å². The SMILES string of the molecule is CC(C)(C)OC(=O)Nc1ccc(C(CO)N=[N+]=[N-])cc1O. The number of ether oxygens (including phenoxy) is 1. The Kier molecular flexibility index (Phi) is 5.40. The van der Waals surface area contributed by atoms with E-state index in [0.717, 1.165) is 0 Å². The maximum atomic E-state index is 11.6. The lowest BCUT2D eigenvalue weighted by molar-refractivity contribution is 0.0635. The molecule has 1 amide bonds. The van der Waals surface area contributed by atoms with E-state index in [9.17, 15) is 9.90 Å². The molecule has 0 aliphatic heterocycles. The molecule has 3 N–H and O–H groups in total. The largest absolute Gasteiger partial charge is 0.506 e. The van der Waals surface area contributed by atoms with Crippen molar-refractivity contribution in [3.05, 3.63) is 34.2 Å². The van der Waals surface area contributed by atoms with Crippen LogP contribution in [-0.4, -0.2) is 28.5 Å². The van der Waals surface area contributed by atoms with Crippen molar-refractivity contribution in [3.63, 3.8) is 0 Å². The molecule has 0 radical (unpaired) electrons. The zero-order valence-electron chi connectivity index (χ0n) is 12.1. The van der Waals surface area contributed by atoms with Gasteiger partial charge >= 0.3 is 6.09 Å². The smallest absolute Gasteiger partial charge is 0.412 e. The van der Waals surface area contributed by atoms with Gasteiger partial charge in [-0.25, -0.2) is 4.79 Å². The Morgan fingerprint density at radius 3 is 2.67 bits per heavy atom. The number of phenolic OH excluding ortho intramolecular Hbond substituents is 1. The van der Waals surface area contributed by atoms with Gasteiger partial charge in [-0.15, -0.1) is 0 Å². The van der Waals surface area contributed by atoms with Crippen LogP contribution in [0.3, 0.4) is 0 Å². The maximum absolute atomic E-state index is 11.6. The molecule has 0 heterocycles. The minimum atomic E-state index is -0.795. The van der Waals surface area contributed by atoms with Crippen molar-refractivity contribution in [1.29, 1.82) is 0 Å². The van der Waals surface area contributed by atoms with E-state index in [1.807, 2.05) is 0 Å². The molecule has 21 heavy (non-hydrogen) atoms. The minimum Gasteiger partial charge on any atom is -0.506 e. The number of phenols is 1. The number of aliphatic hydroxyl groups is 1. The average Bonchev–Trinajstić information content (AvgIpc) is 2.36. The number of carbonyl (C=O) groups excluding carboxylic acids is 1. The third-order valence-corrected chi connectivity index (χ3v) is 2.41. The van der Waals surface area contributed by atoms with Crippen LogP contribution in [0.2, 0.25) is 0 Å². The van der Waals surface area contributed by atoms with Gasteiger partial charge in [-0.2, -0.15) is 0 Å². The predicted molar refractivity (Wildman–Crippen MR) is 76.9 cm³/mol. The fourth-order valence-electron chi connectivity index (χ4n) is 1.55. The zero-order chi connectivity index (χ0) is 16.0. The van der Waals surface area contributed by atoms with Gasteiger partial charge in [0.25, 0.3) is 0 Å². The number of aliphatic hydroxyl groups excluding tert-OH is 1. The Morgan fingerprint density at radius 2 is 2.19 bits per heavy atom. The molecule has 1 unspecified atom stereocenters. The molecule has 0 aliphatic rings. The van der Waals surface area contributed by atoms with E-state index in [1.165, 1.54) is 18.2 Å². The second-order valence-corrected chi connectivity index (χ2v) is 5.31. The maximum Gasteiger partial charge on any atom is 0.412 e. The van der Waals surface area contributed by atoms with Crippen molar-refractivity contribution >= 4 is 11.8 Å². The van der Waals surface area contributed by atoms with Gasteiger partial charge in [0.1, 0.15) is 11.4 Å². The number of hydrogen-bond donors (Lipinski definition) is 3. The van der Waals surface area contributed by atoms with Crippen molar-refractivity contribution in [2.45, 2.75) is 32.4 Å². The molecule has 0 saturated carbocycles. The summed E-state index contributed by atoms with van der Waals surface area (Å²) in [7, 11) is 0. The number of benzene rings is 1. The molecule has 0 spiro atoms. The van der Waals surface area contributed by atoms with Crippen LogP contribution in [0.1, 0.15) is 32.4 Å². The third kappa shape index (κ3) is 5.21. The molecule has 1 aromatic rings. The average molecular weight is 294 g/mol. The highest BCUT2D eigenvalue weighted by atomic mass is 16.6. The fraction of sp³-hybridized carbons (Fsp3) is 0.462. The first kappa shape index (κ1) is 16.6. The molecule has 1 atom stereocenters. The van der Waals surface area contributed by atoms with Crippen molar-refractivity contribution in [3.8, 4) is 5.75 Å². The minimum absolute atomic E-state index is 0.158. The lowest BCUT2D eigenvalue weighted by Gasteiger charge is -2.20. The topological polar surface area (TPSA) is 128 Å². The van der Waals surface area contributed by atoms with Gasteiger partial charge in [-0.05, 0) is 44.0 Å². The number of amides is 1. The van der Waals surface area contributed by atoms with Crippen LogP contribution in [0.4, 0.5) is 10.5 Å². The van der Waals surface area contributed by atoms with E-state index in [2.05, 4.69) is 15.3 Å². The van der Waals surface area contributed by atoms with E-state index in [4.69, 9.17) is 15.4 Å². The quantitative estimate of drug-likeness (QED) is 0.341. The first-order valence-electron chi connectivity index (χ1n) is 6.25. The number of nitrogens with zero attached hydrogens (tertiary/aromatic N) is 3. The first-order valence-corrected chi connectivity index (χ1v) is 6.25. The lowest BCUT2D eigenvalue weighted by Crippen LogP contribution is -2.27. The lowest BCUT2D eigenvalue weighted by atomic mass is 10.1. The Bertz CT molecular complexity index is 562. The monoisotopic (exact) mass is 294 g/mol. The molecule has 0 bridgehead atoms. The molecule has 0 aliphatic carbocycles. The Labute approximate surface area is 122 Å². The van der Waals surface area contributed by atoms with Gasteiger partial charge in [0, 0.05) is 4.91 Å². The predicted octanol–water partition coefficient (Wildman–Crippen LogP) is 3.08. The van der Waals surface area contributed by atoms with E-state index < -0.39 is 17.7 Å². The number of hydrogen-bond acceptors (Lipinski definition) is 5. The summed E-state index contributed by atoms with van der Waals surface area (Å²) >= 11 is 0.